The van der Waals surface area contributed by atoms with Crippen LogP contribution in [0.1, 0.15) is 5.56 Å². The fourth-order valence-corrected chi connectivity index (χ4v) is 3.53. The summed E-state index contributed by atoms with van der Waals surface area (Å²) in [6, 6.07) is 8.52. The molecular weight excluding hydrogens is 366 g/mol. The van der Waals surface area contributed by atoms with Gasteiger partial charge in [-0.2, -0.15) is 0 Å². The SMILES string of the molecule is O=c1c(=Cc2ccc(O)cc2)sc2nc3cc(Br)cnc3n12. The number of hydrogen-bond acceptors (Lipinski definition) is 5. The predicted octanol–water partition coefficient (Wildman–Crippen LogP) is 2.32. The molecule has 0 amide bonds. The van der Waals surface area contributed by atoms with E-state index >= 15 is 0 Å². The first-order valence-corrected chi connectivity index (χ1v) is 8.00. The molecule has 1 N–H and O–H groups in total. The van der Waals surface area contributed by atoms with E-state index in [1.165, 1.54) is 15.7 Å². The molecule has 0 bridgehead atoms. The lowest BCUT2D eigenvalue weighted by Gasteiger charge is -1.92. The van der Waals surface area contributed by atoms with Crippen LogP contribution in [0.25, 0.3) is 22.2 Å². The minimum atomic E-state index is -0.134. The molecule has 7 heteroatoms. The summed E-state index contributed by atoms with van der Waals surface area (Å²) >= 11 is 4.67. The van der Waals surface area contributed by atoms with Crippen LogP contribution in [0.2, 0.25) is 0 Å². The van der Waals surface area contributed by atoms with Gasteiger partial charge in [-0.15, -0.1) is 0 Å². The Morgan fingerprint density at radius 3 is 2.82 bits per heavy atom. The number of aromatic nitrogens is 3. The lowest BCUT2D eigenvalue weighted by atomic mass is 10.2. The summed E-state index contributed by atoms with van der Waals surface area (Å²) in [7, 11) is 0. The summed E-state index contributed by atoms with van der Waals surface area (Å²) < 4.78 is 2.94. The van der Waals surface area contributed by atoms with Crippen molar-refractivity contribution in [1.82, 2.24) is 14.4 Å². The van der Waals surface area contributed by atoms with Crippen LogP contribution in [-0.4, -0.2) is 19.5 Å². The molecule has 0 unspecified atom stereocenters. The monoisotopic (exact) mass is 373 g/mol. The number of imidazole rings is 1. The first kappa shape index (κ1) is 13.4. The van der Waals surface area contributed by atoms with Crippen molar-refractivity contribution in [3.63, 3.8) is 0 Å². The number of thiazole rings is 1. The van der Waals surface area contributed by atoms with Gasteiger partial charge in [0.25, 0.3) is 5.56 Å². The Bertz CT molecular complexity index is 1120. The number of hydrogen-bond donors (Lipinski definition) is 1. The fraction of sp³-hybridized carbons (Fsp3) is 0. The molecule has 0 radical (unpaired) electrons. The van der Waals surface area contributed by atoms with Gasteiger partial charge in [0.2, 0.25) is 0 Å². The predicted molar refractivity (Wildman–Crippen MR) is 89.2 cm³/mol. The summed E-state index contributed by atoms with van der Waals surface area (Å²) in [5.41, 5.74) is 1.96. The van der Waals surface area contributed by atoms with Gasteiger partial charge in [-0.1, -0.05) is 23.5 Å². The van der Waals surface area contributed by atoms with Crippen LogP contribution < -0.4 is 10.1 Å². The highest BCUT2D eigenvalue weighted by Crippen LogP contribution is 2.18. The smallest absolute Gasteiger partial charge is 0.276 e. The Labute approximate surface area is 136 Å². The Hall–Kier alpha value is -2.25. The van der Waals surface area contributed by atoms with Gasteiger partial charge in [0, 0.05) is 10.7 Å². The van der Waals surface area contributed by atoms with Crippen molar-refractivity contribution in [1.29, 1.82) is 0 Å². The quantitative estimate of drug-likeness (QED) is 0.555. The highest BCUT2D eigenvalue weighted by atomic mass is 79.9. The second-order valence-corrected chi connectivity index (χ2v) is 6.66. The summed E-state index contributed by atoms with van der Waals surface area (Å²) in [6.07, 6.45) is 3.43. The third kappa shape index (κ3) is 2.10. The van der Waals surface area contributed by atoms with Crippen LogP contribution in [0.4, 0.5) is 0 Å². The normalized spacial score (nSPS) is 12.5. The number of fused-ring (bicyclic) bond motifs is 3. The van der Waals surface area contributed by atoms with Crippen LogP contribution in [0.5, 0.6) is 5.75 Å². The zero-order chi connectivity index (χ0) is 15.3. The van der Waals surface area contributed by atoms with Crippen LogP contribution in [0.15, 0.2) is 45.8 Å². The van der Waals surface area contributed by atoms with Crippen molar-refractivity contribution < 1.29 is 5.11 Å². The topological polar surface area (TPSA) is 67.5 Å². The van der Waals surface area contributed by atoms with E-state index < -0.39 is 0 Å². The number of nitrogens with zero attached hydrogens (tertiary/aromatic N) is 3. The number of aromatic hydroxyl groups is 1. The van der Waals surface area contributed by atoms with E-state index in [1.807, 2.05) is 6.07 Å². The Balaban J connectivity index is 1.98. The minimum absolute atomic E-state index is 0.134. The van der Waals surface area contributed by atoms with E-state index in [9.17, 15) is 9.90 Å². The number of phenols is 1. The molecule has 4 rings (SSSR count). The van der Waals surface area contributed by atoms with E-state index in [0.717, 1.165) is 10.0 Å². The molecule has 0 atom stereocenters. The average Bonchev–Trinajstić information content (AvgIpc) is 2.98. The first-order valence-electron chi connectivity index (χ1n) is 6.39. The van der Waals surface area contributed by atoms with Gasteiger partial charge in [-0.3, -0.25) is 4.79 Å². The molecule has 0 saturated heterocycles. The van der Waals surface area contributed by atoms with E-state index in [2.05, 4.69) is 25.9 Å². The van der Waals surface area contributed by atoms with Gasteiger partial charge in [-0.25, -0.2) is 14.4 Å². The second kappa shape index (κ2) is 4.89. The van der Waals surface area contributed by atoms with Crippen LogP contribution in [0.3, 0.4) is 0 Å². The Morgan fingerprint density at radius 2 is 2.05 bits per heavy atom. The van der Waals surface area contributed by atoms with Crippen molar-refractivity contribution in [2.45, 2.75) is 0 Å². The summed E-state index contributed by atoms with van der Waals surface area (Å²) in [5.74, 6) is 0.196. The first-order chi connectivity index (χ1) is 10.6. The number of phenolic OH excluding ortho intramolecular Hbond substituents is 1. The van der Waals surface area contributed by atoms with Gasteiger partial charge in [0.05, 0.1) is 4.53 Å². The number of pyridine rings is 1. The molecule has 0 spiro atoms. The molecule has 4 aromatic rings. The zero-order valence-electron chi connectivity index (χ0n) is 11.0. The molecular formula is C15H8BrN3O2S. The third-order valence-corrected chi connectivity index (χ3v) is 4.64. The molecule has 0 fully saturated rings. The fourth-order valence-electron chi connectivity index (χ4n) is 2.24. The van der Waals surface area contributed by atoms with Gasteiger partial charge in [-0.05, 0) is 45.8 Å². The number of halogens is 1. The molecule has 0 aliphatic heterocycles. The standard InChI is InChI=1S/C15H8BrN3O2S/c16-9-6-11-13(17-7-9)19-14(21)12(22-15(19)18-11)5-8-1-3-10(20)4-2-8/h1-7,20H. The van der Waals surface area contributed by atoms with E-state index in [-0.39, 0.29) is 11.3 Å². The van der Waals surface area contributed by atoms with Crippen LogP contribution in [0, 0.1) is 0 Å². The molecule has 0 aliphatic rings. The molecule has 1 aromatic carbocycles. The lowest BCUT2D eigenvalue weighted by molar-refractivity contribution is 0.475. The second-order valence-electron chi connectivity index (χ2n) is 4.73. The zero-order valence-corrected chi connectivity index (χ0v) is 13.4. The number of benzene rings is 1. The lowest BCUT2D eigenvalue weighted by Crippen LogP contribution is -2.22. The highest BCUT2D eigenvalue weighted by molar-refractivity contribution is 9.10. The van der Waals surface area contributed by atoms with E-state index in [0.29, 0.717) is 20.7 Å². The molecule has 0 aliphatic carbocycles. The Kier molecular flexibility index (Phi) is 2.98. The molecule has 0 saturated carbocycles. The van der Waals surface area contributed by atoms with Crippen LogP contribution in [-0.2, 0) is 0 Å². The van der Waals surface area contributed by atoms with E-state index in [4.69, 9.17) is 0 Å². The Morgan fingerprint density at radius 1 is 1.27 bits per heavy atom. The third-order valence-electron chi connectivity index (χ3n) is 3.24. The van der Waals surface area contributed by atoms with Crippen molar-refractivity contribution in [2.24, 2.45) is 0 Å². The van der Waals surface area contributed by atoms with Gasteiger partial charge in [0.15, 0.2) is 10.6 Å². The van der Waals surface area contributed by atoms with E-state index in [1.54, 1.807) is 36.5 Å². The van der Waals surface area contributed by atoms with Crippen molar-refractivity contribution >= 4 is 49.5 Å². The summed E-state index contributed by atoms with van der Waals surface area (Å²) in [5, 5.41) is 9.30. The van der Waals surface area contributed by atoms with Crippen molar-refractivity contribution in [3.8, 4) is 5.75 Å². The highest BCUT2D eigenvalue weighted by Gasteiger charge is 2.12. The summed E-state index contributed by atoms with van der Waals surface area (Å²) in [6.45, 7) is 0. The van der Waals surface area contributed by atoms with Crippen molar-refractivity contribution in [3.05, 3.63) is 61.5 Å². The maximum Gasteiger partial charge on any atom is 0.276 e. The molecule has 22 heavy (non-hydrogen) atoms. The number of rotatable bonds is 1. The molecule has 3 heterocycles. The minimum Gasteiger partial charge on any atom is -0.508 e. The van der Waals surface area contributed by atoms with Crippen LogP contribution >= 0.6 is 27.3 Å². The summed E-state index contributed by atoms with van der Waals surface area (Å²) in [4.78, 5) is 21.9. The maximum atomic E-state index is 12.6. The van der Waals surface area contributed by atoms with Gasteiger partial charge in [0.1, 0.15) is 11.3 Å². The van der Waals surface area contributed by atoms with Crippen molar-refractivity contribution in [2.75, 3.05) is 0 Å². The van der Waals surface area contributed by atoms with Gasteiger partial charge < -0.3 is 5.11 Å². The largest absolute Gasteiger partial charge is 0.508 e. The average molecular weight is 374 g/mol. The molecule has 5 nitrogen and oxygen atoms in total. The maximum absolute atomic E-state index is 12.6. The van der Waals surface area contributed by atoms with Gasteiger partial charge >= 0.3 is 0 Å². The molecule has 108 valence electrons. The molecule has 3 aromatic heterocycles.